The maximum Gasteiger partial charge on any atom is 0.231 e. The Kier molecular flexibility index (Phi) is 9.63. The van der Waals surface area contributed by atoms with Gasteiger partial charge >= 0.3 is 0 Å². The van der Waals surface area contributed by atoms with Crippen LogP contribution >= 0.6 is 48.0 Å². The summed E-state index contributed by atoms with van der Waals surface area (Å²) in [7, 11) is 0. The average Bonchev–Trinajstić information content (AvgIpc) is 3.33. The predicted octanol–water partition coefficient (Wildman–Crippen LogP) is 5.13. The van der Waals surface area contributed by atoms with Gasteiger partial charge in [-0.15, -0.1) is 24.8 Å². The molecule has 1 amide bonds. The van der Waals surface area contributed by atoms with E-state index in [0.717, 1.165) is 35.5 Å². The highest BCUT2D eigenvalue weighted by molar-refractivity contribution is 6.35. The number of carbonyl (C=O) groups is 1. The topological polar surface area (TPSA) is 81.6 Å². The number of amides is 1. The van der Waals surface area contributed by atoms with Crippen molar-refractivity contribution in [3.8, 4) is 0 Å². The molecule has 1 aromatic carbocycles. The molecule has 37 heavy (non-hydrogen) atoms. The van der Waals surface area contributed by atoms with E-state index < -0.39 is 6.10 Å². The summed E-state index contributed by atoms with van der Waals surface area (Å²) in [6.45, 7) is 9.03. The molecule has 2 unspecified atom stereocenters. The quantitative estimate of drug-likeness (QED) is 0.514. The zero-order valence-electron chi connectivity index (χ0n) is 21.3. The number of hydrogen-bond acceptors (Lipinski definition) is 6. The van der Waals surface area contributed by atoms with Gasteiger partial charge in [0.15, 0.2) is 0 Å². The lowest BCUT2D eigenvalue weighted by molar-refractivity contribution is -0.133. The van der Waals surface area contributed by atoms with E-state index in [2.05, 4.69) is 41.0 Å². The van der Waals surface area contributed by atoms with Crippen molar-refractivity contribution in [2.45, 2.75) is 69.6 Å². The molecule has 0 bridgehead atoms. The Labute approximate surface area is 241 Å². The van der Waals surface area contributed by atoms with Gasteiger partial charge in [0.2, 0.25) is 5.91 Å². The number of fused-ring (bicyclic) bond motifs is 1. The molecule has 2 fully saturated rings. The highest BCUT2D eigenvalue weighted by Crippen LogP contribution is 2.43. The van der Waals surface area contributed by atoms with Gasteiger partial charge in [0, 0.05) is 53.4 Å². The molecule has 1 aliphatic carbocycles. The molecular weight excluding hydrogens is 556 g/mol. The Morgan fingerprint density at radius 1 is 1.16 bits per heavy atom. The number of carbonyl (C=O) groups excluding carboxylic acids is 1. The largest absolute Gasteiger partial charge is 0.387 e. The van der Waals surface area contributed by atoms with Gasteiger partial charge in [-0.25, -0.2) is 9.97 Å². The number of rotatable bonds is 4. The number of anilines is 1. The number of benzene rings is 1. The molecule has 2 aromatic rings. The van der Waals surface area contributed by atoms with Crippen LogP contribution in [0.2, 0.25) is 10.0 Å². The van der Waals surface area contributed by atoms with Gasteiger partial charge in [-0.2, -0.15) is 0 Å². The molecule has 7 nitrogen and oxygen atoms in total. The number of halogens is 4. The minimum atomic E-state index is -0.530. The van der Waals surface area contributed by atoms with E-state index in [1.165, 1.54) is 0 Å². The molecule has 2 saturated heterocycles. The third-order valence-electron chi connectivity index (χ3n) is 7.79. The highest BCUT2D eigenvalue weighted by atomic mass is 35.5. The normalized spacial score (nSPS) is 25.2. The first-order valence-electron chi connectivity index (χ1n) is 12.4. The lowest BCUT2D eigenvalue weighted by atomic mass is 9.88. The Morgan fingerprint density at radius 3 is 2.49 bits per heavy atom. The minimum Gasteiger partial charge on any atom is -0.387 e. The van der Waals surface area contributed by atoms with Crippen molar-refractivity contribution in [1.29, 1.82) is 0 Å². The molecule has 11 heteroatoms. The van der Waals surface area contributed by atoms with E-state index in [9.17, 15) is 9.90 Å². The first-order chi connectivity index (χ1) is 16.6. The Bertz CT molecular complexity index is 1130. The van der Waals surface area contributed by atoms with Crippen LogP contribution in [0.25, 0.3) is 0 Å². The number of hydrogen-bond donors (Lipinski definition) is 2. The van der Waals surface area contributed by atoms with E-state index in [1.54, 1.807) is 12.4 Å². The lowest BCUT2D eigenvalue weighted by Crippen LogP contribution is -2.53. The Morgan fingerprint density at radius 2 is 1.86 bits per heavy atom. The zero-order chi connectivity index (χ0) is 24.9. The summed E-state index contributed by atoms with van der Waals surface area (Å²) in [6.07, 6.45) is 3.60. The third-order valence-corrected chi connectivity index (χ3v) is 8.35. The van der Waals surface area contributed by atoms with Crippen LogP contribution in [0.5, 0.6) is 0 Å². The molecule has 1 aromatic heterocycles. The number of aliphatic hydroxyl groups is 1. The van der Waals surface area contributed by atoms with Gasteiger partial charge < -0.3 is 20.2 Å². The highest BCUT2D eigenvalue weighted by Gasteiger charge is 2.42. The van der Waals surface area contributed by atoms with Crippen molar-refractivity contribution in [3.05, 3.63) is 51.4 Å². The average molecular weight is 591 g/mol. The summed E-state index contributed by atoms with van der Waals surface area (Å²) >= 11 is 12.8. The molecule has 2 aliphatic heterocycles. The fourth-order valence-corrected chi connectivity index (χ4v) is 6.50. The second kappa shape index (κ2) is 11.8. The van der Waals surface area contributed by atoms with Crippen LogP contribution in [0.15, 0.2) is 24.5 Å². The van der Waals surface area contributed by atoms with Crippen molar-refractivity contribution in [1.82, 2.24) is 20.2 Å². The molecule has 0 spiro atoms. The zero-order valence-corrected chi connectivity index (χ0v) is 24.4. The SMILES string of the molecule is C[C@@H]1C[C@@H](O)c2ncnc(N3CCN(C(=O)C(c4ccc(Cl)cc4Cl)C4CCC(C)(C)N4)CC3)c21.Cl.Cl. The van der Waals surface area contributed by atoms with Crippen molar-refractivity contribution in [2.24, 2.45) is 0 Å². The Balaban J connectivity index is 0.00000190. The van der Waals surface area contributed by atoms with Gasteiger partial charge in [-0.1, -0.05) is 36.2 Å². The standard InChI is InChI=1S/C26H33Cl2N5O2.2ClH/c1-15-12-20(34)23-21(15)24(30-14-29-23)32-8-10-33(11-9-32)25(35)22(19-6-7-26(2,3)31-19)17-5-4-16(27)13-18(17)28;;/h4-5,13-15,19-20,22,31,34H,6-12H2,1-3H3;2*1H/t15-,19?,20-,22?;;/m1../s1. The van der Waals surface area contributed by atoms with Gasteiger partial charge in [0.1, 0.15) is 12.1 Å². The lowest BCUT2D eigenvalue weighted by Gasteiger charge is -2.39. The number of nitrogens with one attached hydrogen (secondary N) is 1. The second-order valence-electron chi connectivity index (χ2n) is 10.8. The fourth-order valence-electron chi connectivity index (χ4n) is 5.98. The number of aromatic nitrogens is 2. The predicted molar refractivity (Wildman–Crippen MR) is 153 cm³/mol. The molecular formula is C26H35Cl4N5O2. The van der Waals surface area contributed by atoms with Gasteiger partial charge in [0.05, 0.1) is 17.7 Å². The van der Waals surface area contributed by atoms with E-state index in [-0.39, 0.29) is 54.1 Å². The monoisotopic (exact) mass is 589 g/mol. The van der Waals surface area contributed by atoms with Crippen LogP contribution in [0, 0.1) is 0 Å². The van der Waals surface area contributed by atoms with Gasteiger partial charge in [-0.3, -0.25) is 4.79 Å². The van der Waals surface area contributed by atoms with Gasteiger partial charge in [0.25, 0.3) is 0 Å². The molecule has 3 heterocycles. The van der Waals surface area contributed by atoms with Crippen molar-refractivity contribution < 1.29 is 9.90 Å². The van der Waals surface area contributed by atoms with E-state index in [0.29, 0.717) is 42.6 Å². The van der Waals surface area contributed by atoms with E-state index in [1.807, 2.05) is 17.0 Å². The van der Waals surface area contributed by atoms with E-state index in [4.69, 9.17) is 23.2 Å². The first kappa shape index (κ1) is 30.2. The van der Waals surface area contributed by atoms with Crippen LogP contribution in [0.3, 0.4) is 0 Å². The summed E-state index contributed by atoms with van der Waals surface area (Å²) in [6, 6.07) is 5.45. The summed E-state index contributed by atoms with van der Waals surface area (Å²) < 4.78 is 0. The third kappa shape index (κ3) is 5.97. The van der Waals surface area contributed by atoms with Gasteiger partial charge in [-0.05, 0) is 56.7 Å². The minimum absolute atomic E-state index is 0. The number of piperazine rings is 1. The maximum atomic E-state index is 14.0. The van der Waals surface area contributed by atoms with Crippen molar-refractivity contribution in [2.75, 3.05) is 31.1 Å². The number of aliphatic hydroxyl groups excluding tert-OH is 1. The van der Waals surface area contributed by atoms with Crippen LogP contribution < -0.4 is 10.2 Å². The molecule has 204 valence electrons. The smallest absolute Gasteiger partial charge is 0.231 e. The maximum absolute atomic E-state index is 14.0. The molecule has 0 radical (unpaired) electrons. The molecule has 4 atom stereocenters. The van der Waals surface area contributed by atoms with E-state index >= 15 is 0 Å². The summed E-state index contributed by atoms with van der Waals surface area (Å²) in [4.78, 5) is 27.1. The molecule has 5 rings (SSSR count). The van der Waals surface area contributed by atoms with Crippen molar-refractivity contribution >= 4 is 59.7 Å². The Hall–Kier alpha value is -1.35. The summed E-state index contributed by atoms with van der Waals surface area (Å²) in [5.41, 5.74) is 2.60. The summed E-state index contributed by atoms with van der Waals surface area (Å²) in [5, 5.41) is 15.1. The van der Waals surface area contributed by atoms with Crippen LogP contribution in [0.1, 0.15) is 74.8 Å². The molecule has 2 N–H and O–H groups in total. The second-order valence-corrected chi connectivity index (χ2v) is 11.6. The van der Waals surface area contributed by atoms with Crippen LogP contribution in [-0.4, -0.2) is 63.6 Å². The summed E-state index contributed by atoms with van der Waals surface area (Å²) in [5.74, 6) is 0.832. The molecule has 3 aliphatic rings. The first-order valence-corrected chi connectivity index (χ1v) is 13.2. The number of nitrogens with zero attached hydrogens (tertiary/aromatic N) is 4. The fraction of sp³-hybridized carbons (Fsp3) is 0.577. The van der Waals surface area contributed by atoms with Crippen LogP contribution in [-0.2, 0) is 4.79 Å². The van der Waals surface area contributed by atoms with Crippen LogP contribution in [0.4, 0.5) is 5.82 Å². The molecule has 0 saturated carbocycles. The van der Waals surface area contributed by atoms with Crippen molar-refractivity contribution in [3.63, 3.8) is 0 Å².